The quantitative estimate of drug-likeness (QED) is 0.184. The molecule has 1 heterocycles. The van der Waals surface area contributed by atoms with Gasteiger partial charge in [-0.3, -0.25) is 39.9 Å². The van der Waals surface area contributed by atoms with Gasteiger partial charge in [-0.05, 0) is 42.8 Å². The van der Waals surface area contributed by atoms with Crippen LogP contribution in [0.25, 0.3) is 16.6 Å². The molecule has 0 aliphatic carbocycles. The van der Waals surface area contributed by atoms with Gasteiger partial charge in [-0.1, -0.05) is 42.1 Å². The molecule has 2 amide bonds. The van der Waals surface area contributed by atoms with Crippen LogP contribution in [0, 0.1) is 17.0 Å². The molecule has 4 aromatic rings. The number of para-hydroxylation sites is 2. The minimum absolute atomic E-state index is 0.128. The lowest BCUT2D eigenvalue weighted by Crippen LogP contribution is -2.42. The highest BCUT2D eigenvalue weighted by Gasteiger charge is 2.16. The van der Waals surface area contributed by atoms with Gasteiger partial charge in [0.1, 0.15) is 0 Å². The zero-order chi connectivity index (χ0) is 24.9. The number of carbonyl (C=O) groups excluding carboxylic acids is 2. The van der Waals surface area contributed by atoms with Gasteiger partial charge in [-0.15, -0.1) is 0 Å². The number of non-ortho nitro benzene ring substituents is 1. The SMILES string of the molecule is Cc1ccccc1-n1c(SCC(=O)NNC(=O)c2ccc([N+](=O)[O-])cc2)nc2ccccc2c1=O. The first-order valence-corrected chi connectivity index (χ1v) is 11.4. The first-order valence-electron chi connectivity index (χ1n) is 10.4. The number of carbonyl (C=O) groups is 2. The smallest absolute Gasteiger partial charge is 0.269 e. The molecule has 2 N–H and O–H groups in total. The second-order valence-electron chi connectivity index (χ2n) is 7.43. The van der Waals surface area contributed by atoms with E-state index in [9.17, 15) is 24.5 Å². The number of nitrogens with zero attached hydrogens (tertiary/aromatic N) is 3. The van der Waals surface area contributed by atoms with Crippen molar-refractivity contribution < 1.29 is 14.5 Å². The van der Waals surface area contributed by atoms with Gasteiger partial charge < -0.3 is 0 Å². The molecule has 0 bridgehead atoms. The lowest BCUT2D eigenvalue weighted by atomic mass is 10.2. The van der Waals surface area contributed by atoms with Crippen LogP contribution in [-0.2, 0) is 4.79 Å². The van der Waals surface area contributed by atoms with E-state index in [2.05, 4.69) is 15.8 Å². The molecule has 0 aliphatic heterocycles. The zero-order valence-corrected chi connectivity index (χ0v) is 19.2. The second-order valence-corrected chi connectivity index (χ2v) is 8.38. The number of nitrogens with one attached hydrogen (secondary N) is 2. The van der Waals surface area contributed by atoms with Gasteiger partial charge in [0.25, 0.3) is 17.2 Å². The van der Waals surface area contributed by atoms with E-state index in [1.807, 2.05) is 31.2 Å². The molecular weight excluding hydrogens is 470 g/mol. The maximum atomic E-state index is 13.3. The highest BCUT2D eigenvalue weighted by molar-refractivity contribution is 7.99. The lowest BCUT2D eigenvalue weighted by Gasteiger charge is -2.15. The lowest BCUT2D eigenvalue weighted by molar-refractivity contribution is -0.384. The molecule has 176 valence electrons. The Labute approximate surface area is 203 Å². The van der Waals surface area contributed by atoms with Gasteiger partial charge in [0, 0.05) is 17.7 Å². The molecule has 0 saturated carbocycles. The molecule has 0 aliphatic rings. The summed E-state index contributed by atoms with van der Waals surface area (Å²) in [5.74, 6) is -1.28. The average Bonchev–Trinajstić information content (AvgIpc) is 2.87. The molecule has 35 heavy (non-hydrogen) atoms. The zero-order valence-electron chi connectivity index (χ0n) is 18.4. The van der Waals surface area contributed by atoms with Crippen molar-refractivity contribution in [3.05, 3.63) is 104 Å². The van der Waals surface area contributed by atoms with Crippen molar-refractivity contribution in [1.29, 1.82) is 0 Å². The third kappa shape index (κ3) is 5.20. The normalized spacial score (nSPS) is 10.7. The Morgan fingerprint density at radius 2 is 1.69 bits per heavy atom. The number of nitro groups is 1. The van der Waals surface area contributed by atoms with E-state index in [1.165, 1.54) is 28.8 Å². The van der Waals surface area contributed by atoms with E-state index < -0.39 is 16.7 Å². The Balaban J connectivity index is 1.50. The molecular formula is C24H19N5O5S. The number of rotatable bonds is 6. The Morgan fingerprint density at radius 1 is 1.00 bits per heavy atom. The number of aryl methyl sites for hydroxylation is 1. The minimum atomic E-state index is -0.626. The Kier molecular flexibility index (Phi) is 6.88. The largest absolute Gasteiger partial charge is 0.272 e. The minimum Gasteiger partial charge on any atom is -0.272 e. The van der Waals surface area contributed by atoms with Gasteiger partial charge in [0.15, 0.2) is 5.16 Å². The van der Waals surface area contributed by atoms with Gasteiger partial charge >= 0.3 is 0 Å². The number of nitro benzene ring substituents is 1. The van der Waals surface area contributed by atoms with Crippen molar-refractivity contribution in [2.24, 2.45) is 0 Å². The third-order valence-corrected chi connectivity index (χ3v) is 6.03. The molecule has 10 nitrogen and oxygen atoms in total. The first kappa shape index (κ1) is 23.6. The number of benzene rings is 3. The van der Waals surface area contributed by atoms with Crippen LogP contribution in [0.15, 0.2) is 82.7 Å². The number of hydrogen-bond donors (Lipinski definition) is 2. The van der Waals surface area contributed by atoms with Crippen LogP contribution in [0.2, 0.25) is 0 Å². The number of hydrazine groups is 1. The predicted molar refractivity (Wildman–Crippen MR) is 132 cm³/mol. The summed E-state index contributed by atoms with van der Waals surface area (Å²) in [6, 6.07) is 19.3. The molecule has 4 rings (SSSR count). The number of amides is 2. The first-order chi connectivity index (χ1) is 16.8. The summed E-state index contributed by atoms with van der Waals surface area (Å²) in [5, 5.41) is 11.5. The van der Waals surface area contributed by atoms with Crippen LogP contribution in [-0.4, -0.2) is 32.0 Å². The van der Waals surface area contributed by atoms with Crippen LogP contribution in [0.5, 0.6) is 0 Å². The van der Waals surface area contributed by atoms with E-state index in [4.69, 9.17) is 0 Å². The number of aromatic nitrogens is 2. The topological polar surface area (TPSA) is 136 Å². The van der Waals surface area contributed by atoms with Crippen molar-refractivity contribution in [2.45, 2.75) is 12.1 Å². The van der Waals surface area contributed by atoms with Crippen LogP contribution >= 0.6 is 11.8 Å². The number of thioether (sulfide) groups is 1. The van der Waals surface area contributed by atoms with Gasteiger partial charge in [0.05, 0.1) is 27.3 Å². The maximum absolute atomic E-state index is 13.3. The van der Waals surface area contributed by atoms with Gasteiger partial charge in [-0.2, -0.15) is 0 Å². The Hall–Kier alpha value is -4.51. The summed E-state index contributed by atoms with van der Waals surface area (Å²) in [5.41, 5.74) is 6.36. The summed E-state index contributed by atoms with van der Waals surface area (Å²) >= 11 is 1.05. The Bertz CT molecular complexity index is 1500. The summed E-state index contributed by atoms with van der Waals surface area (Å²) in [7, 11) is 0. The average molecular weight is 490 g/mol. The summed E-state index contributed by atoms with van der Waals surface area (Å²) in [4.78, 5) is 52.7. The molecule has 0 saturated heterocycles. The Morgan fingerprint density at radius 3 is 2.40 bits per heavy atom. The summed E-state index contributed by atoms with van der Waals surface area (Å²) < 4.78 is 1.48. The maximum Gasteiger partial charge on any atom is 0.269 e. The summed E-state index contributed by atoms with van der Waals surface area (Å²) in [6.45, 7) is 1.88. The fourth-order valence-corrected chi connectivity index (χ4v) is 4.14. The fourth-order valence-electron chi connectivity index (χ4n) is 3.34. The van der Waals surface area contributed by atoms with Crippen molar-refractivity contribution in [3.63, 3.8) is 0 Å². The van der Waals surface area contributed by atoms with Crippen molar-refractivity contribution >= 4 is 40.2 Å². The van der Waals surface area contributed by atoms with Crippen molar-refractivity contribution in [1.82, 2.24) is 20.4 Å². The predicted octanol–water partition coefficient (Wildman–Crippen LogP) is 3.16. The molecule has 0 radical (unpaired) electrons. The highest BCUT2D eigenvalue weighted by atomic mass is 32.2. The number of hydrogen-bond acceptors (Lipinski definition) is 7. The van der Waals surface area contributed by atoms with E-state index in [1.54, 1.807) is 24.3 Å². The van der Waals surface area contributed by atoms with Crippen molar-refractivity contribution in [3.8, 4) is 5.69 Å². The van der Waals surface area contributed by atoms with Crippen LogP contribution in [0.3, 0.4) is 0 Å². The van der Waals surface area contributed by atoms with Crippen LogP contribution in [0.4, 0.5) is 5.69 Å². The van der Waals surface area contributed by atoms with E-state index in [0.29, 0.717) is 21.7 Å². The third-order valence-electron chi connectivity index (χ3n) is 5.09. The van der Waals surface area contributed by atoms with E-state index in [0.717, 1.165) is 17.3 Å². The van der Waals surface area contributed by atoms with Gasteiger partial charge in [-0.25, -0.2) is 4.98 Å². The molecule has 11 heteroatoms. The van der Waals surface area contributed by atoms with Crippen LogP contribution < -0.4 is 16.4 Å². The van der Waals surface area contributed by atoms with Crippen molar-refractivity contribution in [2.75, 3.05) is 5.75 Å². The van der Waals surface area contributed by atoms with E-state index >= 15 is 0 Å². The second kappa shape index (κ2) is 10.2. The van der Waals surface area contributed by atoms with Gasteiger partial charge in [0.2, 0.25) is 5.91 Å². The molecule has 1 aromatic heterocycles. The van der Waals surface area contributed by atoms with E-state index in [-0.39, 0.29) is 22.6 Å². The fraction of sp³-hybridized carbons (Fsp3) is 0.0833. The highest BCUT2D eigenvalue weighted by Crippen LogP contribution is 2.23. The standard InChI is InChI=1S/C24H19N5O5S/c1-15-6-2-5-9-20(15)28-23(32)18-7-3-4-8-19(18)25-24(28)35-14-21(30)26-27-22(31)16-10-12-17(13-11-16)29(33)34/h2-13H,14H2,1H3,(H,26,30)(H,27,31). The monoisotopic (exact) mass is 489 g/mol. The molecule has 0 atom stereocenters. The molecule has 0 unspecified atom stereocenters. The molecule has 3 aromatic carbocycles. The molecule has 0 fully saturated rings. The number of fused-ring (bicyclic) bond motifs is 1. The molecule has 0 spiro atoms. The van der Waals surface area contributed by atoms with Crippen LogP contribution in [0.1, 0.15) is 15.9 Å². The summed E-state index contributed by atoms with van der Waals surface area (Å²) in [6.07, 6.45) is 0.